The number of benzene rings is 1. The molecule has 2 N–H and O–H groups in total. The lowest BCUT2D eigenvalue weighted by Gasteiger charge is -2.04. The van der Waals surface area contributed by atoms with Gasteiger partial charge in [0.05, 0.1) is 15.7 Å². The Morgan fingerprint density at radius 1 is 1.31 bits per heavy atom. The summed E-state index contributed by atoms with van der Waals surface area (Å²) in [6, 6.07) is 5.39. The van der Waals surface area contributed by atoms with Gasteiger partial charge in [0.1, 0.15) is 5.69 Å². The molecule has 0 aliphatic carbocycles. The molecule has 1 aromatic carbocycles. The van der Waals surface area contributed by atoms with Crippen molar-refractivity contribution in [3.63, 3.8) is 0 Å². The van der Waals surface area contributed by atoms with Crippen molar-refractivity contribution in [2.45, 2.75) is 6.54 Å². The Morgan fingerprint density at radius 2 is 2.06 bits per heavy atom. The van der Waals surface area contributed by atoms with Crippen LogP contribution < -0.4 is 5.73 Å². The summed E-state index contributed by atoms with van der Waals surface area (Å²) in [7, 11) is 1.81. The number of aryl methyl sites for hydroxylation is 1. The molecular formula is C10H10Cl2N4. The van der Waals surface area contributed by atoms with E-state index in [2.05, 4.69) is 10.3 Å². The van der Waals surface area contributed by atoms with Crippen LogP contribution in [0, 0.1) is 0 Å². The van der Waals surface area contributed by atoms with Crippen molar-refractivity contribution in [2.75, 3.05) is 0 Å². The fraction of sp³-hybridized carbons (Fsp3) is 0.200. The highest BCUT2D eigenvalue weighted by Crippen LogP contribution is 2.29. The van der Waals surface area contributed by atoms with Crippen LogP contribution in [0.4, 0.5) is 0 Å². The predicted molar refractivity (Wildman–Crippen MR) is 64.4 cm³/mol. The molecule has 0 amide bonds. The average molecular weight is 257 g/mol. The smallest absolute Gasteiger partial charge is 0.104 e. The van der Waals surface area contributed by atoms with E-state index in [1.54, 1.807) is 16.8 Å². The first kappa shape index (κ1) is 11.4. The molecule has 16 heavy (non-hydrogen) atoms. The van der Waals surface area contributed by atoms with Gasteiger partial charge in [-0.2, -0.15) is 0 Å². The SMILES string of the molecule is Cn1nnc(CN)c1-c1ccc(Cl)c(Cl)c1. The van der Waals surface area contributed by atoms with Crippen LogP contribution in [0.5, 0.6) is 0 Å². The zero-order chi connectivity index (χ0) is 11.7. The highest BCUT2D eigenvalue weighted by atomic mass is 35.5. The van der Waals surface area contributed by atoms with Crippen molar-refractivity contribution in [3.8, 4) is 11.3 Å². The molecule has 0 atom stereocenters. The summed E-state index contributed by atoms with van der Waals surface area (Å²) in [6.07, 6.45) is 0. The molecule has 0 saturated heterocycles. The van der Waals surface area contributed by atoms with Crippen LogP contribution in [-0.4, -0.2) is 15.0 Å². The second-order valence-electron chi connectivity index (χ2n) is 3.34. The van der Waals surface area contributed by atoms with E-state index in [-0.39, 0.29) is 0 Å². The Morgan fingerprint density at radius 3 is 2.69 bits per heavy atom. The molecule has 84 valence electrons. The highest BCUT2D eigenvalue weighted by Gasteiger charge is 2.12. The van der Waals surface area contributed by atoms with Gasteiger partial charge in [-0.1, -0.05) is 34.5 Å². The maximum Gasteiger partial charge on any atom is 0.104 e. The molecule has 1 aromatic heterocycles. The van der Waals surface area contributed by atoms with Crippen LogP contribution in [-0.2, 0) is 13.6 Å². The molecule has 0 saturated carbocycles. The Bertz CT molecular complexity index is 522. The van der Waals surface area contributed by atoms with Gasteiger partial charge >= 0.3 is 0 Å². The molecule has 0 aliphatic rings. The van der Waals surface area contributed by atoms with Gasteiger partial charge in [-0.05, 0) is 12.1 Å². The minimum absolute atomic E-state index is 0.337. The number of rotatable bonds is 2. The summed E-state index contributed by atoms with van der Waals surface area (Å²) in [5, 5.41) is 8.93. The molecule has 6 heteroatoms. The van der Waals surface area contributed by atoms with E-state index in [9.17, 15) is 0 Å². The number of halogens is 2. The van der Waals surface area contributed by atoms with Gasteiger partial charge in [-0.3, -0.25) is 0 Å². The molecule has 0 unspecified atom stereocenters. The molecule has 4 nitrogen and oxygen atoms in total. The third-order valence-electron chi connectivity index (χ3n) is 2.28. The minimum atomic E-state index is 0.337. The van der Waals surface area contributed by atoms with Crippen molar-refractivity contribution in [2.24, 2.45) is 12.8 Å². The van der Waals surface area contributed by atoms with Crippen LogP contribution in [0.1, 0.15) is 5.69 Å². The summed E-state index contributed by atoms with van der Waals surface area (Å²) in [5.41, 5.74) is 8.10. The zero-order valence-corrected chi connectivity index (χ0v) is 10.1. The zero-order valence-electron chi connectivity index (χ0n) is 8.61. The minimum Gasteiger partial charge on any atom is -0.325 e. The quantitative estimate of drug-likeness (QED) is 0.897. The molecule has 2 aromatic rings. The Kier molecular flexibility index (Phi) is 3.14. The summed E-state index contributed by atoms with van der Waals surface area (Å²) >= 11 is 11.8. The third kappa shape index (κ3) is 1.91. The molecule has 1 heterocycles. The van der Waals surface area contributed by atoms with E-state index in [0.29, 0.717) is 16.6 Å². The van der Waals surface area contributed by atoms with Crippen molar-refractivity contribution in [1.82, 2.24) is 15.0 Å². The normalized spacial score (nSPS) is 10.8. The fourth-order valence-electron chi connectivity index (χ4n) is 1.53. The Balaban J connectivity index is 2.57. The van der Waals surface area contributed by atoms with E-state index in [4.69, 9.17) is 28.9 Å². The lowest BCUT2D eigenvalue weighted by Crippen LogP contribution is -2.00. The molecule has 0 radical (unpaired) electrons. The highest BCUT2D eigenvalue weighted by molar-refractivity contribution is 6.42. The number of nitrogens with two attached hydrogens (primary N) is 1. The molecule has 0 fully saturated rings. The lowest BCUT2D eigenvalue weighted by molar-refractivity contribution is 0.718. The average Bonchev–Trinajstić information content (AvgIpc) is 2.64. The van der Waals surface area contributed by atoms with Crippen molar-refractivity contribution >= 4 is 23.2 Å². The summed E-state index contributed by atoms with van der Waals surface area (Å²) in [5.74, 6) is 0. The third-order valence-corrected chi connectivity index (χ3v) is 3.02. The van der Waals surface area contributed by atoms with E-state index in [1.807, 2.05) is 13.1 Å². The monoisotopic (exact) mass is 256 g/mol. The Hall–Kier alpha value is -1.10. The summed E-state index contributed by atoms with van der Waals surface area (Å²) in [6.45, 7) is 0.337. The Labute approximate surface area is 103 Å². The molecule has 0 spiro atoms. The molecular weight excluding hydrogens is 247 g/mol. The van der Waals surface area contributed by atoms with Gasteiger partial charge in [0.15, 0.2) is 0 Å². The topological polar surface area (TPSA) is 56.7 Å². The first-order valence-corrected chi connectivity index (χ1v) is 5.43. The van der Waals surface area contributed by atoms with Crippen LogP contribution in [0.3, 0.4) is 0 Å². The first-order valence-electron chi connectivity index (χ1n) is 4.67. The first-order chi connectivity index (χ1) is 7.63. The number of hydrogen-bond donors (Lipinski definition) is 1. The van der Waals surface area contributed by atoms with Crippen molar-refractivity contribution < 1.29 is 0 Å². The van der Waals surface area contributed by atoms with Crippen LogP contribution in [0.15, 0.2) is 18.2 Å². The van der Waals surface area contributed by atoms with E-state index < -0.39 is 0 Å². The van der Waals surface area contributed by atoms with Gasteiger partial charge < -0.3 is 5.73 Å². The predicted octanol–water partition coefficient (Wildman–Crippen LogP) is 2.25. The summed E-state index contributed by atoms with van der Waals surface area (Å²) < 4.78 is 1.67. The molecule has 0 bridgehead atoms. The fourth-order valence-corrected chi connectivity index (χ4v) is 1.83. The van der Waals surface area contributed by atoms with Crippen molar-refractivity contribution in [1.29, 1.82) is 0 Å². The van der Waals surface area contributed by atoms with Gasteiger partial charge in [-0.25, -0.2) is 4.68 Å². The number of hydrogen-bond acceptors (Lipinski definition) is 3. The van der Waals surface area contributed by atoms with E-state index >= 15 is 0 Å². The summed E-state index contributed by atoms with van der Waals surface area (Å²) in [4.78, 5) is 0. The lowest BCUT2D eigenvalue weighted by atomic mass is 10.1. The van der Waals surface area contributed by atoms with Crippen LogP contribution >= 0.6 is 23.2 Å². The largest absolute Gasteiger partial charge is 0.325 e. The van der Waals surface area contributed by atoms with E-state index in [0.717, 1.165) is 17.0 Å². The van der Waals surface area contributed by atoms with Gasteiger partial charge in [0.25, 0.3) is 0 Å². The second kappa shape index (κ2) is 4.41. The molecule has 2 rings (SSSR count). The number of nitrogens with zero attached hydrogens (tertiary/aromatic N) is 3. The van der Waals surface area contributed by atoms with Gasteiger partial charge in [0.2, 0.25) is 0 Å². The molecule has 0 aliphatic heterocycles. The van der Waals surface area contributed by atoms with Crippen molar-refractivity contribution in [3.05, 3.63) is 33.9 Å². The van der Waals surface area contributed by atoms with Crippen LogP contribution in [0.2, 0.25) is 10.0 Å². The maximum atomic E-state index is 5.97. The maximum absolute atomic E-state index is 5.97. The number of aromatic nitrogens is 3. The second-order valence-corrected chi connectivity index (χ2v) is 4.16. The van der Waals surface area contributed by atoms with Crippen LogP contribution in [0.25, 0.3) is 11.3 Å². The van der Waals surface area contributed by atoms with Gasteiger partial charge in [0, 0.05) is 19.2 Å². The van der Waals surface area contributed by atoms with E-state index in [1.165, 1.54) is 0 Å². The van der Waals surface area contributed by atoms with Gasteiger partial charge in [-0.15, -0.1) is 5.10 Å². The standard InChI is InChI=1S/C10H10Cl2N4/c1-16-10(9(5-13)14-15-16)6-2-3-7(11)8(12)4-6/h2-4H,5,13H2,1H3.